The summed E-state index contributed by atoms with van der Waals surface area (Å²) in [6, 6.07) is 4.10. The van der Waals surface area contributed by atoms with Crippen LogP contribution in [0.15, 0.2) is 29.0 Å². The van der Waals surface area contributed by atoms with Crippen LogP contribution in [0.2, 0.25) is 0 Å². The van der Waals surface area contributed by atoms with Crippen molar-refractivity contribution < 1.29 is 4.52 Å². The van der Waals surface area contributed by atoms with Crippen molar-refractivity contribution in [3.05, 3.63) is 30.4 Å². The highest BCUT2D eigenvalue weighted by Crippen LogP contribution is 2.13. The van der Waals surface area contributed by atoms with E-state index < -0.39 is 0 Å². The summed E-state index contributed by atoms with van der Waals surface area (Å²) in [5.41, 5.74) is 0.912. The van der Waals surface area contributed by atoms with Gasteiger partial charge in [-0.1, -0.05) is 19.0 Å². The molecule has 1 N–H and O–H groups in total. The van der Waals surface area contributed by atoms with Gasteiger partial charge in [-0.25, -0.2) is 0 Å². The maximum absolute atomic E-state index is 5.13. The van der Waals surface area contributed by atoms with Crippen molar-refractivity contribution in [2.75, 3.05) is 0 Å². The minimum absolute atomic E-state index is 0.399. The van der Waals surface area contributed by atoms with Crippen molar-refractivity contribution in [3.63, 3.8) is 0 Å². The molecule has 2 aromatic rings. The van der Waals surface area contributed by atoms with Gasteiger partial charge in [-0.15, -0.1) is 0 Å². The monoisotopic (exact) mass is 218 g/mol. The number of hydrogen-bond donors (Lipinski definition) is 1. The third kappa shape index (κ3) is 2.64. The number of nitrogens with zero attached hydrogens (tertiary/aromatic N) is 3. The molecule has 84 valence electrons. The second-order valence-corrected chi connectivity index (χ2v) is 3.78. The Morgan fingerprint density at radius 2 is 2.06 bits per heavy atom. The molecule has 5 nitrogen and oxygen atoms in total. The largest absolute Gasteiger partial charge is 0.338 e. The fraction of sp³-hybridized carbons (Fsp3) is 0.364. The minimum atomic E-state index is 0.399. The molecule has 0 saturated heterocycles. The zero-order valence-corrected chi connectivity index (χ0v) is 9.34. The quantitative estimate of drug-likeness (QED) is 0.845. The van der Waals surface area contributed by atoms with Gasteiger partial charge in [0.15, 0.2) is 0 Å². The number of pyridine rings is 1. The van der Waals surface area contributed by atoms with E-state index in [2.05, 4.69) is 34.3 Å². The molecule has 0 atom stereocenters. The molecule has 0 aliphatic rings. The summed E-state index contributed by atoms with van der Waals surface area (Å²) in [6.07, 6.45) is 3.41. The molecule has 0 spiro atoms. The van der Waals surface area contributed by atoms with Crippen LogP contribution in [-0.4, -0.2) is 21.2 Å². The van der Waals surface area contributed by atoms with Crippen LogP contribution in [0.4, 0.5) is 0 Å². The van der Waals surface area contributed by atoms with Crippen LogP contribution in [-0.2, 0) is 6.54 Å². The van der Waals surface area contributed by atoms with Crippen LogP contribution in [0.1, 0.15) is 19.7 Å². The first-order valence-corrected chi connectivity index (χ1v) is 5.22. The standard InChI is InChI=1S/C11H14N4O/c1-8(2)13-7-10-14-11(15-16-10)9-3-5-12-6-4-9/h3-6,8,13H,7H2,1-2H3. The zero-order valence-electron chi connectivity index (χ0n) is 9.34. The first kappa shape index (κ1) is 10.8. The third-order valence-electron chi connectivity index (χ3n) is 2.07. The van der Waals surface area contributed by atoms with Gasteiger partial charge in [0, 0.05) is 24.0 Å². The Labute approximate surface area is 93.9 Å². The molecule has 0 unspecified atom stereocenters. The maximum Gasteiger partial charge on any atom is 0.240 e. The first-order chi connectivity index (χ1) is 7.75. The van der Waals surface area contributed by atoms with E-state index in [4.69, 9.17) is 4.52 Å². The van der Waals surface area contributed by atoms with Crippen LogP contribution in [0, 0.1) is 0 Å². The molecular weight excluding hydrogens is 204 g/mol. The predicted octanol–water partition coefficient (Wildman–Crippen LogP) is 1.63. The van der Waals surface area contributed by atoms with E-state index in [-0.39, 0.29) is 0 Å². The lowest BCUT2D eigenvalue weighted by Crippen LogP contribution is -2.21. The Bertz CT molecular complexity index is 438. The highest BCUT2D eigenvalue weighted by atomic mass is 16.5. The number of aromatic nitrogens is 3. The van der Waals surface area contributed by atoms with E-state index in [0.717, 1.165) is 5.56 Å². The fourth-order valence-corrected chi connectivity index (χ4v) is 1.24. The van der Waals surface area contributed by atoms with Gasteiger partial charge in [-0.05, 0) is 12.1 Å². The molecular formula is C11H14N4O. The molecule has 0 fully saturated rings. The summed E-state index contributed by atoms with van der Waals surface area (Å²) in [6.45, 7) is 4.73. The van der Waals surface area contributed by atoms with Crippen molar-refractivity contribution >= 4 is 0 Å². The Morgan fingerprint density at radius 3 is 2.75 bits per heavy atom. The van der Waals surface area contributed by atoms with Gasteiger partial charge in [-0.2, -0.15) is 4.98 Å². The van der Waals surface area contributed by atoms with E-state index in [0.29, 0.717) is 24.3 Å². The second kappa shape index (κ2) is 4.85. The lowest BCUT2D eigenvalue weighted by Gasteiger charge is -2.02. The molecule has 0 radical (unpaired) electrons. The van der Waals surface area contributed by atoms with Gasteiger partial charge >= 0.3 is 0 Å². The normalized spacial score (nSPS) is 10.9. The summed E-state index contributed by atoms with van der Waals surface area (Å²) in [5.74, 6) is 1.20. The third-order valence-corrected chi connectivity index (χ3v) is 2.07. The van der Waals surface area contributed by atoms with Crippen molar-refractivity contribution in [2.45, 2.75) is 26.4 Å². The molecule has 5 heteroatoms. The van der Waals surface area contributed by atoms with Gasteiger partial charge in [0.2, 0.25) is 11.7 Å². The molecule has 16 heavy (non-hydrogen) atoms. The van der Waals surface area contributed by atoms with Crippen molar-refractivity contribution in [2.24, 2.45) is 0 Å². The molecule has 2 aromatic heterocycles. The van der Waals surface area contributed by atoms with Gasteiger partial charge < -0.3 is 9.84 Å². The summed E-state index contributed by atoms with van der Waals surface area (Å²) in [4.78, 5) is 8.22. The van der Waals surface area contributed by atoms with E-state index in [1.165, 1.54) is 0 Å². The Morgan fingerprint density at radius 1 is 1.31 bits per heavy atom. The highest BCUT2D eigenvalue weighted by molar-refractivity contribution is 5.52. The summed E-state index contributed by atoms with van der Waals surface area (Å²) in [5, 5.41) is 7.13. The molecule has 2 heterocycles. The molecule has 0 aromatic carbocycles. The lowest BCUT2D eigenvalue weighted by molar-refractivity contribution is 0.362. The highest BCUT2D eigenvalue weighted by Gasteiger charge is 2.07. The molecule has 0 bridgehead atoms. The SMILES string of the molecule is CC(C)NCc1nc(-c2ccncc2)no1. The van der Waals surface area contributed by atoms with E-state index >= 15 is 0 Å². The Balaban J connectivity index is 2.08. The average Bonchev–Trinajstić information content (AvgIpc) is 2.76. The van der Waals surface area contributed by atoms with Gasteiger partial charge in [0.25, 0.3) is 0 Å². The van der Waals surface area contributed by atoms with Gasteiger partial charge in [0.1, 0.15) is 0 Å². The Kier molecular flexibility index (Phi) is 3.26. The van der Waals surface area contributed by atoms with Gasteiger partial charge in [0.05, 0.1) is 6.54 Å². The van der Waals surface area contributed by atoms with Crippen molar-refractivity contribution in [1.29, 1.82) is 0 Å². The number of nitrogens with one attached hydrogen (secondary N) is 1. The minimum Gasteiger partial charge on any atom is -0.338 e. The maximum atomic E-state index is 5.13. The summed E-state index contributed by atoms with van der Waals surface area (Å²) >= 11 is 0. The van der Waals surface area contributed by atoms with E-state index in [1.807, 2.05) is 12.1 Å². The topological polar surface area (TPSA) is 63.8 Å². The van der Waals surface area contributed by atoms with E-state index in [9.17, 15) is 0 Å². The summed E-state index contributed by atoms with van der Waals surface area (Å²) in [7, 11) is 0. The summed E-state index contributed by atoms with van der Waals surface area (Å²) < 4.78 is 5.13. The smallest absolute Gasteiger partial charge is 0.240 e. The first-order valence-electron chi connectivity index (χ1n) is 5.22. The van der Waals surface area contributed by atoms with Crippen molar-refractivity contribution in [1.82, 2.24) is 20.4 Å². The molecule has 0 amide bonds. The molecule has 2 rings (SSSR count). The Hall–Kier alpha value is -1.75. The molecule has 0 saturated carbocycles. The van der Waals surface area contributed by atoms with Crippen LogP contribution in [0.3, 0.4) is 0 Å². The van der Waals surface area contributed by atoms with Crippen LogP contribution in [0.5, 0.6) is 0 Å². The molecule has 0 aliphatic heterocycles. The van der Waals surface area contributed by atoms with Crippen molar-refractivity contribution in [3.8, 4) is 11.4 Å². The predicted molar refractivity (Wildman–Crippen MR) is 59.5 cm³/mol. The van der Waals surface area contributed by atoms with Gasteiger partial charge in [-0.3, -0.25) is 4.98 Å². The van der Waals surface area contributed by atoms with Crippen LogP contribution < -0.4 is 5.32 Å². The number of rotatable bonds is 4. The number of hydrogen-bond acceptors (Lipinski definition) is 5. The second-order valence-electron chi connectivity index (χ2n) is 3.78. The molecule has 0 aliphatic carbocycles. The fourth-order valence-electron chi connectivity index (χ4n) is 1.24. The van der Waals surface area contributed by atoms with Crippen LogP contribution >= 0.6 is 0 Å². The van der Waals surface area contributed by atoms with Crippen LogP contribution in [0.25, 0.3) is 11.4 Å². The van der Waals surface area contributed by atoms with E-state index in [1.54, 1.807) is 12.4 Å². The lowest BCUT2D eigenvalue weighted by atomic mass is 10.2. The zero-order chi connectivity index (χ0) is 11.4. The average molecular weight is 218 g/mol.